The van der Waals surface area contributed by atoms with E-state index < -0.39 is 15.9 Å². The van der Waals surface area contributed by atoms with Crippen LogP contribution in [0.2, 0.25) is 0 Å². The molecule has 0 spiro atoms. The zero-order valence-corrected chi connectivity index (χ0v) is 18.9. The fourth-order valence-electron chi connectivity index (χ4n) is 2.12. The van der Waals surface area contributed by atoms with Crippen LogP contribution in [0.5, 0.6) is 0 Å². The minimum atomic E-state index is -4.19. The van der Waals surface area contributed by atoms with E-state index in [0.717, 1.165) is 12.8 Å². The Morgan fingerprint density at radius 1 is 1.04 bits per heavy atom. The summed E-state index contributed by atoms with van der Waals surface area (Å²) in [5, 5.41) is 0. The van der Waals surface area contributed by atoms with Crippen LogP contribution < -0.4 is 51.4 Å². The molecule has 0 N–H and O–H groups in total. The maximum absolute atomic E-state index is 11.7. The zero-order valence-electron chi connectivity index (χ0n) is 14.9. The van der Waals surface area contributed by atoms with Crippen LogP contribution in [0.15, 0.2) is 12.2 Å². The van der Waals surface area contributed by atoms with Crippen molar-refractivity contribution in [2.45, 2.75) is 64.7 Å². The van der Waals surface area contributed by atoms with Gasteiger partial charge in [0.05, 0.1) is 10.1 Å². The fraction of sp³-hybridized carbons (Fsp3) is 0.812. The Labute approximate surface area is 184 Å². The maximum Gasteiger partial charge on any atom is 1.00 e. The Morgan fingerprint density at radius 3 is 2.17 bits per heavy atom. The summed E-state index contributed by atoms with van der Waals surface area (Å²) in [7, 11) is -2.58. The van der Waals surface area contributed by atoms with Crippen LogP contribution in [0.1, 0.15) is 64.7 Å². The topological polar surface area (TPSA) is 77.5 Å². The van der Waals surface area contributed by atoms with Crippen molar-refractivity contribution in [2.24, 2.45) is 0 Å². The van der Waals surface area contributed by atoms with Crippen molar-refractivity contribution >= 4 is 16.0 Å². The van der Waals surface area contributed by atoms with Gasteiger partial charge in [-0.2, -0.15) is 0 Å². The van der Waals surface area contributed by atoms with Gasteiger partial charge in [0.2, 0.25) is 5.91 Å². The van der Waals surface area contributed by atoms with E-state index in [1.54, 1.807) is 7.05 Å². The first-order valence-corrected chi connectivity index (χ1v) is 9.79. The van der Waals surface area contributed by atoms with Crippen LogP contribution in [0.3, 0.4) is 0 Å². The molecule has 7 heteroatoms. The molecule has 130 valence electrons. The molecular formula is C16H30KNO4S. The van der Waals surface area contributed by atoms with E-state index in [0.29, 0.717) is 0 Å². The smallest absolute Gasteiger partial charge is 0.748 e. The summed E-state index contributed by atoms with van der Waals surface area (Å²) >= 11 is 0. The van der Waals surface area contributed by atoms with Gasteiger partial charge in [-0.25, -0.2) is 8.42 Å². The first-order valence-electron chi connectivity index (χ1n) is 8.22. The Balaban J connectivity index is 0. The second kappa shape index (κ2) is 16.2. The zero-order chi connectivity index (χ0) is 16.8. The van der Waals surface area contributed by atoms with E-state index in [2.05, 4.69) is 6.92 Å². The molecule has 0 saturated carbocycles. The molecule has 0 radical (unpaired) electrons. The minimum absolute atomic E-state index is 0. The molecule has 23 heavy (non-hydrogen) atoms. The van der Waals surface area contributed by atoms with Crippen molar-refractivity contribution < 1.29 is 69.1 Å². The van der Waals surface area contributed by atoms with Gasteiger partial charge in [0.25, 0.3) is 0 Å². The van der Waals surface area contributed by atoms with Crippen molar-refractivity contribution in [1.29, 1.82) is 0 Å². The SMILES string of the molecule is CCCCCCCCC/C=C/C(=O)N(C)CCCS(=O)(=O)[O-].[K+]. The number of amides is 1. The minimum Gasteiger partial charge on any atom is -0.748 e. The van der Waals surface area contributed by atoms with Crippen LogP contribution in [0.4, 0.5) is 0 Å². The van der Waals surface area contributed by atoms with Gasteiger partial charge in [-0.1, -0.05) is 51.5 Å². The fourth-order valence-corrected chi connectivity index (χ4v) is 2.60. The van der Waals surface area contributed by atoms with E-state index in [1.165, 1.54) is 49.5 Å². The third kappa shape index (κ3) is 18.9. The molecule has 0 aliphatic carbocycles. The first kappa shape index (κ1) is 26.0. The number of nitrogens with zero attached hydrogens (tertiary/aromatic N) is 1. The van der Waals surface area contributed by atoms with E-state index in [-0.39, 0.29) is 70.3 Å². The average Bonchev–Trinajstić information content (AvgIpc) is 2.43. The first-order chi connectivity index (χ1) is 10.4. The summed E-state index contributed by atoms with van der Waals surface area (Å²) in [6.45, 7) is 2.49. The van der Waals surface area contributed by atoms with Gasteiger partial charge >= 0.3 is 51.4 Å². The summed E-state index contributed by atoms with van der Waals surface area (Å²) in [5.41, 5.74) is 0. The molecule has 1 amide bonds. The third-order valence-corrected chi connectivity index (χ3v) is 4.29. The molecule has 0 aliphatic heterocycles. The molecule has 0 rings (SSSR count). The number of carbonyl (C=O) groups excluding carboxylic acids is 1. The predicted octanol–water partition coefficient (Wildman–Crippen LogP) is 0.0810. The molecule has 0 fully saturated rings. The number of hydrogen-bond donors (Lipinski definition) is 0. The Morgan fingerprint density at radius 2 is 1.61 bits per heavy atom. The number of allylic oxidation sites excluding steroid dienone is 1. The van der Waals surface area contributed by atoms with Crippen molar-refractivity contribution in [3.05, 3.63) is 12.2 Å². The summed E-state index contributed by atoms with van der Waals surface area (Å²) < 4.78 is 31.4. The van der Waals surface area contributed by atoms with Crippen LogP contribution in [-0.2, 0) is 14.9 Å². The largest absolute Gasteiger partial charge is 1.00 e. The molecule has 0 unspecified atom stereocenters. The molecule has 0 aliphatic rings. The van der Waals surface area contributed by atoms with Crippen LogP contribution in [0.25, 0.3) is 0 Å². The number of hydrogen-bond acceptors (Lipinski definition) is 4. The van der Waals surface area contributed by atoms with Crippen molar-refractivity contribution in [3.63, 3.8) is 0 Å². The third-order valence-electron chi connectivity index (χ3n) is 3.50. The number of unbranched alkanes of at least 4 members (excludes halogenated alkanes) is 7. The van der Waals surface area contributed by atoms with Crippen molar-refractivity contribution in [1.82, 2.24) is 4.90 Å². The van der Waals surface area contributed by atoms with Gasteiger partial charge < -0.3 is 9.45 Å². The molecule has 0 aromatic heterocycles. The van der Waals surface area contributed by atoms with Gasteiger partial charge in [0, 0.05) is 19.3 Å². The molecule has 0 aromatic carbocycles. The molecular weight excluding hydrogens is 341 g/mol. The molecule has 0 heterocycles. The number of rotatable bonds is 13. The second-order valence-corrected chi connectivity index (χ2v) is 7.21. The van der Waals surface area contributed by atoms with E-state index >= 15 is 0 Å². The van der Waals surface area contributed by atoms with Crippen molar-refractivity contribution in [2.75, 3.05) is 19.3 Å². The Hall–Kier alpha value is 0.756. The van der Waals surface area contributed by atoms with E-state index in [4.69, 9.17) is 0 Å². The van der Waals surface area contributed by atoms with E-state index in [9.17, 15) is 17.8 Å². The predicted molar refractivity (Wildman–Crippen MR) is 88.6 cm³/mol. The molecule has 0 aromatic rings. The second-order valence-electron chi connectivity index (χ2n) is 5.69. The molecule has 0 atom stereocenters. The van der Waals surface area contributed by atoms with E-state index in [1.807, 2.05) is 6.08 Å². The quantitative estimate of drug-likeness (QED) is 0.199. The van der Waals surface area contributed by atoms with Gasteiger partial charge in [-0.15, -0.1) is 0 Å². The van der Waals surface area contributed by atoms with Gasteiger partial charge in [0.1, 0.15) is 0 Å². The van der Waals surface area contributed by atoms with Crippen LogP contribution in [0, 0.1) is 0 Å². The summed E-state index contributed by atoms with van der Waals surface area (Å²) in [6, 6.07) is 0. The summed E-state index contributed by atoms with van der Waals surface area (Å²) in [6.07, 6.45) is 13.2. The molecule has 0 saturated heterocycles. The normalized spacial score (nSPS) is 11.4. The standard InChI is InChI=1S/C16H31NO4S.K/c1-3-4-5-6-7-8-9-10-11-13-16(18)17(2)14-12-15-22(19,20)21;/h11,13H,3-10,12,14-15H2,1-2H3,(H,19,20,21);/q;+1/p-1/b13-11+;. The Kier molecular flexibility index (Phi) is 18.3. The molecule has 5 nitrogen and oxygen atoms in total. The number of likely N-dealkylation sites (N-methyl/N-ethyl adjacent to an activating group) is 1. The van der Waals surface area contributed by atoms with Crippen LogP contribution in [-0.4, -0.2) is 43.1 Å². The average molecular weight is 372 g/mol. The Bertz CT molecular complexity index is 424. The number of carbonyl (C=O) groups is 1. The molecule has 0 bridgehead atoms. The van der Waals surface area contributed by atoms with Gasteiger partial charge in [0.15, 0.2) is 0 Å². The van der Waals surface area contributed by atoms with Gasteiger partial charge in [-0.05, 0) is 25.3 Å². The maximum atomic E-state index is 11.7. The summed E-state index contributed by atoms with van der Waals surface area (Å²) in [4.78, 5) is 13.2. The van der Waals surface area contributed by atoms with Crippen LogP contribution >= 0.6 is 0 Å². The monoisotopic (exact) mass is 371 g/mol. The van der Waals surface area contributed by atoms with Gasteiger partial charge in [-0.3, -0.25) is 4.79 Å². The van der Waals surface area contributed by atoms with Crippen molar-refractivity contribution in [3.8, 4) is 0 Å². The summed E-state index contributed by atoms with van der Waals surface area (Å²) in [5.74, 6) is -0.571.